The van der Waals surface area contributed by atoms with Gasteiger partial charge in [-0.25, -0.2) is 4.68 Å². The fourth-order valence-electron chi connectivity index (χ4n) is 2.73. The molecule has 0 saturated heterocycles. The lowest BCUT2D eigenvalue weighted by Gasteiger charge is -2.10. The van der Waals surface area contributed by atoms with Crippen molar-refractivity contribution in [2.75, 3.05) is 0 Å². The topological polar surface area (TPSA) is 85.8 Å². The molecular weight excluding hydrogens is 386 g/mol. The summed E-state index contributed by atoms with van der Waals surface area (Å²) >= 11 is 1.54. The van der Waals surface area contributed by atoms with Crippen LogP contribution in [0.5, 0.6) is 0 Å². The van der Waals surface area contributed by atoms with Gasteiger partial charge in [0.2, 0.25) is 5.89 Å². The Balaban J connectivity index is 1.59. The van der Waals surface area contributed by atoms with Crippen molar-refractivity contribution in [1.82, 2.24) is 25.2 Å². The lowest BCUT2D eigenvalue weighted by atomic mass is 9.97. The number of para-hydroxylation sites is 1. The standard InChI is InChI=1S/C21H21N5O2S/c1-21(2,3)20-23-17(25-28-20)12-22-19(27)15-13-26(14-8-5-4-6-9-14)24-18(15)16-10-7-11-29-16/h4-11,13H,12H2,1-3H3,(H,22,27). The van der Waals surface area contributed by atoms with Crippen molar-refractivity contribution < 1.29 is 9.32 Å². The fourth-order valence-corrected chi connectivity index (χ4v) is 3.46. The SMILES string of the molecule is CC(C)(C)c1nc(CNC(=O)c2cn(-c3ccccc3)nc2-c2cccs2)no1. The summed E-state index contributed by atoms with van der Waals surface area (Å²) in [4.78, 5) is 18.2. The Morgan fingerprint density at radius 2 is 1.97 bits per heavy atom. The van der Waals surface area contributed by atoms with Crippen LogP contribution in [0.15, 0.2) is 58.6 Å². The minimum atomic E-state index is -0.238. The lowest BCUT2D eigenvalue weighted by molar-refractivity contribution is 0.0950. The number of hydrogen-bond donors (Lipinski definition) is 1. The van der Waals surface area contributed by atoms with Crippen LogP contribution in [0.2, 0.25) is 0 Å². The zero-order valence-corrected chi connectivity index (χ0v) is 17.2. The molecule has 0 radical (unpaired) electrons. The molecule has 7 nitrogen and oxygen atoms in total. The maximum atomic E-state index is 12.9. The molecule has 1 N–H and O–H groups in total. The zero-order chi connectivity index (χ0) is 20.4. The van der Waals surface area contributed by atoms with E-state index >= 15 is 0 Å². The van der Waals surface area contributed by atoms with E-state index in [0.29, 0.717) is 23.0 Å². The molecule has 3 aromatic heterocycles. The molecule has 4 aromatic rings. The van der Waals surface area contributed by atoms with E-state index in [1.54, 1.807) is 22.2 Å². The van der Waals surface area contributed by atoms with E-state index in [-0.39, 0.29) is 17.9 Å². The monoisotopic (exact) mass is 407 g/mol. The Morgan fingerprint density at radius 3 is 2.62 bits per heavy atom. The maximum absolute atomic E-state index is 12.9. The predicted molar refractivity (Wildman–Crippen MR) is 111 cm³/mol. The predicted octanol–water partition coefficient (Wildman–Crippen LogP) is 4.21. The van der Waals surface area contributed by atoms with E-state index in [1.165, 1.54) is 0 Å². The van der Waals surface area contributed by atoms with Crippen LogP contribution >= 0.6 is 11.3 Å². The maximum Gasteiger partial charge on any atom is 0.255 e. The van der Waals surface area contributed by atoms with Crippen LogP contribution in [-0.2, 0) is 12.0 Å². The van der Waals surface area contributed by atoms with Gasteiger partial charge < -0.3 is 9.84 Å². The number of nitrogens with zero attached hydrogens (tertiary/aromatic N) is 4. The van der Waals surface area contributed by atoms with Crippen molar-refractivity contribution in [1.29, 1.82) is 0 Å². The fraction of sp³-hybridized carbons (Fsp3) is 0.238. The number of amides is 1. The van der Waals surface area contributed by atoms with Gasteiger partial charge in [0.25, 0.3) is 5.91 Å². The van der Waals surface area contributed by atoms with Gasteiger partial charge in [0.1, 0.15) is 5.69 Å². The highest BCUT2D eigenvalue weighted by Gasteiger charge is 2.23. The molecule has 3 heterocycles. The second kappa shape index (κ2) is 7.63. The Labute approximate surface area is 172 Å². The van der Waals surface area contributed by atoms with Crippen LogP contribution in [0.3, 0.4) is 0 Å². The van der Waals surface area contributed by atoms with Gasteiger partial charge in [0.15, 0.2) is 5.82 Å². The number of carbonyl (C=O) groups is 1. The third-order valence-corrected chi connectivity index (χ3v) is 5.13. The molecule has 0 aliphatic carbocycles. The Kier molecular flexibility index (Phi) is 5.02. The highest BCUT2D eigenvalue weighted by atomic mass is 32.1. The minimum Gasteiger partial charge on any atom is -0.344 e. The van der Waals surface area contributed by atoms with E-state index in [0.717, 1.165) is 10.6 Å². The summed E-state index contributed by atoms with van der Waals surface area (Å²) < 4.78 is 7.00. The first kappa shape index (κ1) is 19.1. The molecule has 8 heteroatoms. The average molecular weight is 407 g/mol. The highest BCUT2D eigenvalue weighted by molar-refractivity contribution is 7.13. The van der Waals surface area contributed by atoms with E-state index in [2.05, 4.69) is 20.6 Å². The molecule has 0 spiro atoms. The third kappa shape index (κ3) is 4.12. The first-order chi connectivity index (χ1) is 13.9. The summed E-state index contributed by atoms with van der Waals surface area (Å²) in [5.74, 6) is 0.743. The van der Waals surface area contributed by atoms with Crippen LogP contribution in [-0.4, -0.2) is 25.8 Å². The largest absolute Gasteiger partial charge is 0.344 e. The number of benzene rings is 1. The number of hydrogen-bond acceptors (Lipinski definition) is 6. The first-order valence-electron chi connectivity index (χ1n) is 9.22. The summed E-state index contributed by atoms with van der Waals surface area (Å²) in [6.07, 6.45) is 1.75. The Hall–Kier alpha value is -3.26. The van der Waals surface area contributed by atoms with Gasteiger partial charge in [-0.15, -0.1) is 11.3 Å². The Morgan fingerprint density at radius 1 is 1.17 bits per heavy atom. The highest BCUT2D eigenvalue weighted by Crippen LogP contribution is 2.28. The molecule has 0 atom stereocenters. The normalized spacial score (nSPS) is 11.6. The summed E-state index contributed by atoms with van der Waals surface area (Å²) in [5.41, 5.74) is 1.79. The van der Waals surface area contributed by atoms with Gasteiger partial charge in [-0.05, 0) is 23.6 Å². The van der Waals surface area contributed by atoms with Crippen molar-refractivity contribution >= 4 is 17.2 Å². The van der Waals surface area contributed by atoms with E-state index < -0.39 is 0 Å². The summed E-state index contributed by atoms with van der Waals surface area (Å²) in [6, 6.07) is 13.6. The zero-order valence-electron chi connectivity index (χ0n) is 16.4. The van der Waals surface area contributed by atoms with Crippen LogP contribution < -0.4 is 5.32 Å². The molecule has 1 amide bonds. The van der Waals surface area contributed by atoms with Crippen LogP contribution in [0.25, 0.3) is 16.3 Å². The first-order valence-corrected chi connectivity index (χ1v) is 10.1. The van der Waals surface area contributed by atoms with Crippen molar-refractivity contribution in [2.45, 2.75) is 32.7 Å². The molecule has 0 aliphatic heterocycles. The summed E-state index contributed by atoms with van der Waals surface area (Å²) in [7, 11) is 0. The molecule has 1 aromatic carbocycles. The summed E-state index contributed by atoms with van der Waals surface area (Å²) in [5, 5.41) is 13.4. The van der Waals surface area contributed by atoms with E-state index in [4.69, 9.17) is 4.52 Å². The molecule has 0 aliphatic rings. The molecule has 29 heavy (non-hydrogen) atoms. The van der Waals surface area contributed by atoms with Gasteiger partial charge in [-0.2, -0.15) is 10.1 Å². The number of rotatable bonds is 5. The van der Waals surface area contributed by atoms with Gasteiger partial charge in [-0.3, -0.25) is 4.79 Å². The lowest BCUT2D eigenvalue weighted by Crippen LogP contribution is -2.23. The molecular formula is C21H21N5O2S. The van der Waals surface area contributed by atoms with Crippen molar-refractivity contribution in [2.24, 2.45) is 0 Å². The minimum absolute atomic E-state index is 0.179. The number of nitrogens with one attached hydrogen (secondary N) is 1. The van der Waals surface area contributed by atoms with E-state index in [1.807, 2.05) is 68.6 Å². The van der Waals surface area contributed by atoms with Gasteiger partial charge in [-0.1, -0.05) is 50.2 Å². The summed E-state index contributed by atoms with van der Waals surface area (Å²) in [6.45, 7) is 6.16. The van der Waals surface area contributed by atoms with Crippen LogP contribution in [0, 0.1) is 0 Å². The second-order valence-electron chi connectivity index (χ2n) is 7.60. The molecule has 0 bridgehead atoms. The number of aromatic nitrogens is 4. The Bertz CT molecular complexity index is 1110. The van der Waals surface area contributed by atoms with Gasteiger partial charge >= 0.3 is 0 Å². The van der Waals surface area contributed by atoms with Crippen molar-refractivity contribution in [3.63, 3.8) is 0 Å². The quantitative estimate of drug-likeness (QED) is 0.536. The van der Waals surface area contributed by atoms with Crippen molar-refractivity contribution in [3.05, 3.63) is 71.3 Å². The van der Waals surface area contributed by atoms with E-state index in [9.17, 15) is 4.79 Å². The van der Waals surface area contributed by atoms with Crippen LogP contribution in [0.1, 0.15) is 42.8 Å². The van der Waals surface area contributed by atoms with Crippen molar-refractivity contribution in [3.8, 4) is 16.3 Å². The average Bonchev–Trinajstić information content (AvgIpc) is 3.46. The second-order valence-corrected chi connectivity index (χ2v) is 8.54. The van der Waals surface area contributed by atoms with Gasteiger partial charge in [0, 0.05) is 11.6 Å². The molecule has 0 unspecified atom stereocenters. The van der Waals surface area contributed by atoms with Crippen LogP contribution in [0.4, 0.5) is 0 Å². The molecule has 0 fully saturated rings. The smallest absolute Gasteiger partial charge is 0.255 e. The molecule has 0 saturated carbocycles. The third-order valence-electron chi connectivity index (χ3n) is 4.25. The molecule has 4 rings (SSSR count). The number of carbonyl (C=O) groups excluding carboxylic acids is 1. The van der Waals surface area contributed by atoms with Gasteiger partial charge in [0.05, 0.1) is 22.7 Å². The number of thiophene rings is 1. The molecule has 148 valence electrons.